The molecule has 1 aliphatic heterocycles. The Morgan fingerprint density at radius 1 is 1.12 bits per heavy atom. The summed E-state index contributed by atoms with van der Waals surface area (Å²) in [5.41, 5.74) is 2.57. The highest BCUT2D eigenvalue weighted by atomic mass is 16.5. The Kier molecular flexibility index (Phi) is 6.08. The zero-order valence-electron chi connectivity index (χ0n) is 14.0. The second-order valence-electron chi connectivity index (χ2n) is 5.89. The maximum absolute atomic E-state index is 9.02. The molecule has 0 atom stereocenters. The van der Waals surface area contributed by atoms with Crippen molar-refractivity contribution in [2.45, 2.75) is 19.4 Å². The van der Waals surface area contributed by atoms with E-state index >= 15 is 0 Å². The third kappa shape index (κ3) is 4.85. The lowest BCUT2D eigenvalue weighted by Gasteiger charge is -2.16. The average molecular weight is 335 g/mol. The van der Waals surface area contributed by atoms with Crippen molar-refractivity contribution in [1.82, 2.24) is 0 Å². The number of benzene rings is 2. The van der Waals surface area contributed by atoms with E-state index in [9.17, 15) is 0 Å². The fraction of sp³-hybridized carbons (Fsp3) is 0.286. The first-order valence-electron chi connectivity index (χ1n) is 8.43. The maximum atomic E-state index is 9.02. The van der Waals surface area contributed by atoms with E-state index in [1.54, 1.807) is 0 Å². The van der Waals surface area contributed by atoms with Gasteiger partial charge < -0.3 is 14.7 Å². The predicted molar refractivity (Wildman–Crippen MR) is 97.0 cm³/mol. The summed E-state index contributed by atoms with van der Waals surface area (Å²) in [4.78, 5) is 0. The van der Waals surface area contributed by atoms with Gasteiger partial charge in [-0.1, -0.05) is 53.4 Å². The second-order valence-corrected chi connectivity index (χ2v) is 5.89. The van der Waals surface area contributed by atoms with Crippen LogP contribution in [0.4, 0.5) is 0 Å². The number of oxime groups is 1. The van der Waals surface area contributed by atoms with Gasteiger partial charge in [-0.25, -0.2) is 0 Å². The molecule has 0 aliphatic carbocycles. The summed E-state index contributed by atoms with van der Waals surface area (Å²) in [7, 11) is 0. The fourth-order valence-electron chi connectivity index (χ4n) is 2.73. The Morgan fingerprint density at radius 3 is 2.68 bits per heavy atom. The topological polar surface area (TPSA) is 51.1 Å². The number of hydrogen-bond acceptors (Lipinski definition) is 4. The zero-order chi connectivity index (χ0) is 17.3. The van der Waals surface area contributed by atoms with Gasteiger partial charge in [0.2, 0.25) is 0 Å². The van der Waals surface area contributed by atoms with Crippen LogP contribution in [0.5, 0.6) is 5.75 Å². The van der Waals surface area contributed by atoms with E-state index in [1.165, 1.54) is 6.21 Å². The highest BCUT2D eigenvalue weighted by Crippen LogP contribution is 2.22. The van der Waals surface area contributed by atoms with Crippen LogP contribution >= 0.6 is 0 Å². The van der Waals surface area contributed by atoms with Gasteiger partial charge in [0, 0.05) is 24.7 Å². The minimum absolute atomic E-state index is 0.349. The molecule has 1 fully saturated rings. The SMILES string of the molecule is O/N=C/c1c(C#CC2CCOCC2)cccc1OCc1ccccc1. The molecule has 2 aromatic carbocycles. The van der Waals surface area contributed by atoms with E-state index in [4.69, 9.17) is 14.7 Å². The first kappa shape index (κ1) is 17.1. The Bertz CT molecular complexity index is 769. The van der Waals surface area contributed by atoms with Crippen molar-refractivity contribution in [1.29, 1.82) is 0 Å². The third-order valence-corrected chi connectivity index (χ3v) is 4.12. The molecule has 0 amide bonds. The van der Waals surface area contributed by atoms with Gasteiger partial charge in [0.1, 0.15) is 12.4 Å². The second kappa shape index (κ2) is 8.91. The Balaban J connectivity index is 1.80. The third-order valence-electron chi connectivity index (χ3n) is 4.12. The van der Waals surface area contributed by atoms with Gasteiger partial charge >= 0.3 is 0 Å². The minimum Gasteiger partial charge on any atom is -0.488 e. The number of rotatable bonds is 4. The van der Waals surface area contributed by atoms with Gasteiger partial charge in [0.15, 0.2) is 0 Å². The first-order valence-corrected chi connectivity index (χ1v) is 8.43. The lowest BCUT2D eigenvalue weighted by molar-refractivity contribution is 0.0807. The van der Waals surface area contributed by atoms with Gasteiger partial charge in [-0.3, -0.25) is 0 Å². The van der Waals surface area contributed by atoms with Gasteiger partial charge in [0.25, 0.3) is 0 Å². The molecule has 0 saturated carbocycles. The molecule has 128 valence electrons. The van der Waals surface area contributed by atoms with Crippen molar-refractivity contribution >= 4 is 6.21 Å². The number of nitrogens with zero attached hydrogens (tertiary/aromatic N) is 1. The van der Waals surface area contributed by atoms with E-state index in [2.05, 4.69) is 17.0 Å². The van der Waals surface area contributed by atoms with Crippen LogP contribution in [0.3, 0.4) is 0 Å². The molecule has 0 aromatic heterocycles. The Labute approximate surface area is 148 Å². The molecule has 0 radical (unpaired) electrons. The van der Waals surface area contributed by atoms with Crippen molar-refractivity contribution < 1.29 is 14.7 Å². The highest BCUT2D eigenvalue weighted by molar-refractivity contribution is 5.87. The maximum Gasteiger partial charge on any atom is 0.129 e. The van der Waals surface area contributed by atoms with Crippen LogP contribution in [-0.2, 0) is 11.3 Å². The summed E-state index contributed by atoms with van der Waals surface area (Å²) < 4.78 is 11.3. The summed E-state index contributed by atoms with van der Waals surface area (Å²) in [6.45, 7) is 1.99. The zero-order valence-corrected chi connectivity index (χ0v) is 14.0. The van der Waals surface area contributed by atoms with Crippen LogP contribution in [-0.4, -0.2) is 24.6 Å². The van der Waals surface area contributed by atoms with E-state index in [1.807, 2.05) is 48.5 Å². The molecule has 4 nitrogen and oxygen atoms in total. The van der Waals surface area contributed by atoms with E-state index in [-0.39, 0.29) is 0 Å². The summed E-state index contributed by atoms with van der Waals surface area (Å²) in [6.07, 6.45) is 3.30. The van der Waals surface area contributed by atoms with Crippen LogP contribution in [0.25, 0.3) is 0 Å². The summed E-state index contributed by atoms with van der Waals surface area (Å²) in [5.74, 6) is 7.53. The quantitative estimate of drug-likeness (QED) is 0.400. The molecule has 1 N–H and O–H groups in total. The van der Waals surface area contributed by atoms with Gasteiger partial charge in [-0.2, -0.15) is 0 Å². The van der Waals surface area contributed by atoms with Crippen LogP contribution < -0.4 is 4.74 Å². The van der Waals surface area contributed by atoms with Crippen molar-refractivity contribution in [2.75, 3.05) is 13.2 Å². The van der Waals surface area contributed by atoms with Gasteiger partial charge in [-0.15, -0.1) is 0 Å². The smallest absolute Gasteiger partial charge is 0.129 e. The minimum atomic E-state index is 0.349. The number of ether oxygens (including phenoxy) is 2. The largest absolute Gasteiger partial charge is 0.488 e. The molecular formula is C21H21NO3. The molecule has 0 bridgehead atoms. The fourth-order valence-corrected chi connectivity index (χ4v) is 2.73. The van der Waals surface area contributed by atoms with Gasteiger partial charge in [0.05, 0.1) is 11.8 Å². The van der Waals surface area contributed by atoms with Crippen molar-refractivity contribution in [3.05, 3.63) is 65.2 Å². The molecule has 3 rings (SSSR count). The normalized spacial score (nSPS) is 14.9. The molecule has 4 heteroatoms. The molecule has 0 spiro atoms. The van der Waals surface area contributed by atoms with E-state index in [0.29, 0.717) is 23.8 Å². The van der Waals surface area contributed by atoms with E-state index in [0.717, 1.165) is 37.2 Å². The van der Waals surface area contributed by atoms with Crippen LogP contribution in [0.15, 0.2) is 53.7 Å². The Morgan fingerprint density at radius 2 is 1.92 bits per heavy atom. The average Bonchev–Trinajstić information content (AvgIpc) is 2.68. The summed E-state index contributed by atoms with van der Waals surface area (Å²) in [6, 6.07) is 15.6. The lowest BCUT2D eigenvalue weighted by atomic mass is 9.99. The lowest BCUT2D eigenvalue weighted by Crippen LogP contribution is -2.13. The molecule has 1 saturated heterocycles. The standard InChI is InChI=1S/C21H21NO3/c23-22-15-20-19(10-9-17-11-13-24-14-12-17)7-4-8-21(20)25-16-18-5-2-1-3-6-18/h1-8,15,17,23H,11-14,16H2/b22-15+. The van der Waals surface area contributed by atoms with Crippen molar-refractivity contribution in [3.63, 3.8) is 0 Å². The van der Waals surface area contributed by atoms with Crippen molar-refractivity contribution in [3.8, 4) is 17.6 Å². The Hall–Kier alpha value is -2.77. The molecule has 2 aromatic rings. The van der Waals surface area contributed by atoms with Gasteiger partial charge in [-0.05, 0) is 30.5 Å². The molecule has 0 unspecified atom stereocenters. The molecule has 1 aliphatic rings. The van der Waals surface area contributed by atoms with Crippen LogP contribution in [0.2, 0.25) is 0 Å². The predicted octanol–water partition coefficient (Wildman–Crippen LogP) is 3.85. The van der Waals surface area contributed by atoms with Crippen LogP contribution in [0.1, 0.15) is 29.5 Å². The molecular weight excluding hydrogens is 314 g/mol. The monoisotopic (exact) mass is 335 g/mol. The van der Waals surface area contributed by atoms with Crippen LogP contribution in [0, 0.1) is 17.8 Å². The molecule has 1 heterocycles. The highest BCUT2D eigenvalue weighted by Gasteiger charge is 2.11. The first-order chi connectivity index (χ1) is 12.4. The molecule has 25 heavy (non-hydrogen) atoms. The number of hydrogen-bond donors (Lipinski definition) is 1. The van der Waals surface area contributed by atoms with E-state index < -0.39 is 0 Å². The van der Waals surface area contributed by atoms with Crippen molar-refractivity contribution in [2.24, 2.45) is 11.1 Å². The summed E-state index contributed by atoms with van der Waals surface area (Å²) in [5, 5.41) is 12.2. The summed E-state index contributed by atoms with van der Waals surface area (Å²) >= 11 is 0.